The van der Waals surface area contributed by atoms with Crippen LogP contribution in [0.25, 0.3) is 0 Å². The predicted octanol–water partition coefficient (Wildman–Crippen LogP) is 2.29. The molecular formula is C16H22ClN3O3. The molecule has 0 bridgehead atoms. The molecule has 0 amide bonds. The number of halogens is 1. The van der Waals surface area contributed by atoms with Gasteiger partial charge in [-0.2, -0.15) is 0 Å². The molecule has 0 saturated carbocycles. The van der Waals surface area contributed by atoms with Gasteiger partial charge >= 0.3 is 5.97 Å². The highest BCUT2D eigenvalue weighted by Gasteiger charge is 2.36. The van der Waals surface area contributed by atoms with Gasteiger partial charge in [-0.25, -0.2) is 9.98 Å². The maximum Gasteiger partial charge on any atom is 0.322 e. The number of fused-ring (bicyclic) bond motifs is 1. The molecule has 126 valence electrons. The number of likely N-dealkylation sites (N-methyl/N-ethyl adjacent to an activating group) is 1. The van der Waals surface area contributed by atoms with E-state index in [1.54, 1.807) is 25.3 Å². The van der Waals surface area contributed by atoms with E-state index in [1.807, 2.05) is 0 Å². The molecule has 23 heavy (non-hydrogen) atoms. The van der Waals surface area contributed by atoms with Gasteiger partial charge < -0.3 is 9.64 Å². The van der Waals surface area contributed by atoms with Crippen LogP contribution in [0.5, 0.6) is 0 Å². The Morgan fingerprint density at radius 1 is 1.35 bits per heavy atom. The average Bonchev–Trinajstić information content (AvgIpc) is 2.51. The quantitative estimate of drug-likeness (QED) is 0.587. The summed E-state index contributed by atoms with van der Waals surface area (Å²) in [5.41, 5.74) is 0.808. The van der Waals surface area contributed by atoms with Crippen LogP contribution in [-0.2, 0) is 9.53 Å². The zero-order valence-corrected chi connectivity index (χ0v) is 14.4. The molecule has 1 unspecified atom stereocenters. The first kappa shape index (κ1) is 19.3. The molecule has 0 N–H and O–H groups in total. The maximum absolute atomic E-state index is 12.4. The fraction of sp³-hybridized carbons (Fsp3) is 0.500. The van der Waals surface area contributed by atoms with Crippen molar-refractivity contribution in [2.75, 3.05) is 26.2 Å². The summed E-state index contributed by atoms with van der Waals surface area (Å²) in [5.74, 6) is -1.40. The summed E-state index contributed by atoms with van der Waals surface area (Å²) in [6.07, 6.45) is 1.58. The number of carbonyl (C=O) groups is 2. The van der Waals surface area contributed by atoms with E-state index < -0.39 is 11.9 Å². The summed E-state index contributed by atoms with van der Waals surface area (Å²) < 4.78 is 5.27. The normalized spacial score (nSPS) is 16.4. The third kappa shape index (κ3) is 4.36. The molecule has 1 aliphatic heterocycles. The van der Waals surface area contributed by atoms with Crippen molar-refractivity contribution >= 4 is 35.7 Å². The minimum Gasteiger partial charge on any atom is -0.463 e. The summed E-state index contributed by atoms with van der Waals surface area (Å²) in [6, 6.07) is 3.30. The number of Topliss-reactive ketones (excluding diaryl/α,β-unsaturated/α-hetero) is 1. The van der Waals surface area contributed by atoms with E-state index in [9.17, 15) is 9.59 Å². The summed E-state index contributed by atoms with van der Waals surface area (Å²) in [4.78, 5) is 35.1. The van der Waals surface area contributed by atoms with Crippen LogP contribution < -0.4 is 0 Å². The Hall–Kier alpha value is -1.79. The fourth-order valence-corrected chi connectivity index (χ4v) is 2.43. The van der Waals surface area contributed by atoms with Crippen LogP contribution in [0.2, 0.25) is 0 Å². The summed E-state index contributed by atoms with van der Waals surface area (Å²) in [5, 5.41) is 0. The highest BCUT2D eigenvalue weighted by Crippen LogP contribution is 2.26. The van der Waals surface area contributed by atoms with Crippen molar-refractivity contribution in [2.24, 2.45) is 10.9 Å². The van der Waals surface area contributed by atoms with Gasteiger partial charge in [0, 0.05) is 18.5 Å². The molecule has 6 nitrogen and oxygen atoms in total. The standard InChI is InChI=1S/C16H21N3O3.ClH/c1-4-19(5-2)9-10-22-16(21)13-11(3)18-15-12(14(13)20)7-6-8-17-15;/h6-8,13H,4-5,9-10H2,1-3H3;1H. The average molecular weight is 340 g/mol. The third-order valence-electron chi connectivity index (χ3n) is 3.80. The molecule has 0 radical (unpaired) electrons. The number of aliphatic imine (C=N–C) groups is 1. The molecule has 2 rings (SSSR count). The number of rotatable bonds is 6. The maximum atomic E-state index is 12.4. The number of hydrogen-bond acceptors (Lipinski definition) is 6. The van der Waals surface area contributed by atoms with Crippen molar-refractivity contribution in [2.45, 2.75) is 20.8 Å². The zero-order chi connectivity index (χ0) is 16.1. The van der Waals surface area contributed by atoms with Gasteiger partial charge in [0.25, 0.3) is 0 Å². The predicted molar refractivity (Wildman–Crippen MR) is 90.8 cm³/mol. The monoisotopic (exact) mass is 339 g/mol. The number of pyridine rings is 1. The molecule has 0 saturated heterocycles. The Morgan fingerprint density at radius 3 is 2.70 bits per heavy atom. The first-order valence-corrected chi connectivity index (χ1v) is 7.51. The lowest BCUT2D eigenvalue weighted by Crippen LogP contribution is -2.36. The van der Waals surface area contributed by atoms with Gasteiger partial charge in [0.15, 0.2) is 17.5 Å². The molecule has 1 atom stereocenters. The van der Waals surface area contributed by atoms with Crippen molar-refractivity contribution in [3.8, 4) is 0 Å². The summed E-state index contributed by atoms with van der Waals surface area (Å²) in [7, 11) is 0. The minimum absolute atomic E-state index is 0. The van der Waals surface area contributed by atoms with Crippen LogP contribution >= 0.6 is 12.4 Å². The van der Waals surface area contributed by atoms with E-state index in [2.05, 4.69) is 28.7 Å². The number of carbonyl (C=O) groups excluding carboxylic acids is 2. The van der Waals surface area contributed by atoms with E-state index in [0.717, 1.165) is 13.1 Å². The van der Waals surface area contributed by atoms with E-state index in [0.29, 0.717) is 23.6 Å². The lowest BCUT2D eigenvalue weighted by molar-refractivity contribution is -0.145. The lowest BCUT2D eigenvalue weighted by Gasteiger charge is -2.21. The van der Waals surface area contributed by atoms with Crippen LogP contribution in [0.3, 0.4) is 0 Å². The molecule has 2 heterocycles. The zero-order valence-electron chi connectivity index (χ0n) is 13.6. The Kier molecular flexibility index (Phi) is 7.32. The highest BCUT2D eigenvalue weighted by atomic mass is 35.5. The molecule has 0 spiro atoms. The van der Waals surface area contributed by atoms with E-state index in [1.165, 1.54) is 0 Å². The molecule has 1 aliphatic rings. The topological polar surface area (TPSA) is 71.9 Å². The van der Waals surface area contributed by atoms with Crippen LogP contribution in [-0.4, -0.2) is 53.6 Å². The second-order valence-electron chi connectivity index (χ2n) is 5.12. The minimum atomic E-state index is -0.951. The molecule has 1 aromatic rings. The lowest BCUT2D eigenvalue weighted by atomic mass is 9.91. The third-order valence-corrected chi connectivity index (χ3v) is 3.80. The second kappa shape index (κ2) is 8.74. The van der Waals surface area contributed by atoms with Gasteiger partial charge in [-0.15, -0.1) is 12.4 Å². The van der Waals surface area contributed by atoms with E-state index in [4.69, 9.17) is 4.74 Å². The van der Waals surface area contributed by atoms with E-state index in [-0.39, 0.29) is 24.8 Å². The van der Waals surface area contributed by atoms with Crippen molar-refractivity contribution in [3.63, 3.8) is 0 Å². The van der Waals surface area contributed by atoms with Gasteiger partial charge in [-0.1, -0.05) is 13.8 Å². The summed E-state index contributed by atoms with van der Waals surface area (Å²) in [6.45, 7) is 8.50. The highest BCUT2D eigenvalue weighted by molar-refractivity contribution is 6.26. The van der Waals surface area contributed by atoms with Crippen LogP contribution in [0.15, 0.2) is 23.3 Å². The Balaban J connectivity index is 0.00000264. The number of aromatic nitrogens is 1. The van der Waals surface area contributed by atoms with Crippen LogP contribution in [0.4, 0.5) is 5.82 Å². The molecule has 1 aromatic heterocycles. The van der Waals surface area contributed by atoms with Gasteiger partial charge in [-0.3, -0.25) is 9.59 Å². The SMILES string of the molecule is CCN(CC)CCOC(=O)C1C(=O)c2cccnc2N=C1C.Cl. The molecule has 0 fully saturated rings. The van der Waals surface area contributed by atoms with Gasteiger partial charge in [0.05, 0.1) is 5.56 Å². The Morgan fingerprint density at radius 2 is 2.04 bits per heavy atom. The number of ketones is 1. The van der Waals surface area contributed by atoms with Gasteiger partial charge in [0.1, 0.15) is 6.61 Å². The number of hydrogen-bond donors (Lipinski definition) is 0. The first-order valence-electron chi connectivity index (χ1n) is 7.51. The Labute approximate surface area is 142 Å². The van der Waals surface area contributed by atoms with Crippen LogP contribution in [0.1, 0.15) is 31.1 Å². The molecule has 7 heteroatoms. The van der Waals surface area contributed by atoms with Crippen molar-refractivity contribution < 1.29 is 14.3 Å². The van der Waals surface area contributed by atoms with Crippen molar-refractivity contribution in [3.05, 3.63) is 23.9 Å². The van der Waals surface area contributed by atoms with Gasteiger partial charge in [-0.05, 0) is 32.1 Å². The smallest absolute Gasteiger partial charge is 0.322 e. The number of esters is 1. The van der Waals surface area contributed by atoms with Crippen LogP contribution in [0, 0.1) is 5.92 Å². The molecule has 0 aromatic carbocycles. The van der Waals surface area contributed by atoms with Crippen molar-refractivity contribution in [1.29, 1.82) is 0 Å². The summed E-state index contributed by atoms with van der Waals surface area (Å²) >= 11 is 0. The van der Waals surface area contributed by atoms with Crippen molar-refractivity contribution in [1.82, 2.24) is 9.88 Å². The van der Waals surface area contributed by atoms with E-state index >= 15 is 0 Å². The molecular weight excluding hydrogens is 318 g/mol. The Bertz CT molecular complexity index is 600. The second-order valence-corrected chi connectivity index (χ2v) is 5.12. The number of nitrogens with zero attached hydrogens (tertiary/aromatic N) is 3. The number of ether oxygens (including phenoxy) is 1. The molecule has 0 aliphatic carbocycles. The largest absolute Gasteiger partial charge is 0.463 e. The fourth-order valence-electron chi connectivity index (χ4n) is 2.43. The first-order chi connectivity index (χ1) is 10.6. The van der Waals surface area contributed by atoms with Gasteiger partial charge in [0.2, 0.25) is 0 Å².